The van der Waals surface area contributed by atoms with E-state index in [0.717, 1.165) is 18.0 Å². The Morgan fingerprint density at radius 1 is 1.50 bits per heavy atom. The molecule has 0 radical (unpaired) electrons. The van der Waals surface area contributed by atoms with E-state index in [9.17, 15) is 9.59 Å². The molecule has 0 spiro atoms. The predicted octanol–water partition coefficient (Wildman–Crippen LogP) is 1.95. The lowest BCUT2D eigenvalue weighted by Crippen LogP contribution is -2.23. The van der Waals surface area contributed by atoms with Gasteiger partial charge in [-0.3, -0.25) is 14.6 Å². The van der Waals surface area contributed by atoms with E-state index >= 15 is 0 Å². The predicted molar refractivity (Wildman–Crippen MR) is 84.6 cm³/mol. The smallest absolute Gasteiger partial charge is 0.270 e. The van der Waals surface area contributed by atoms with Gasteiger partial charge in [0, 0.05) is 5.69 Å². The minimum absolute atomic E-state index is 0.252. The van der Waals surface area contributed by atoms with Gasteiger partial charge in [0.05, 0.1) is 17.4 Å². The van der Waals surface area contributed by atoms with E-state index in [4.69, 9.17) is 16.3 Å². The highest BCUT2D eigenvalue weighted by Gasteiger charge is 2.16. The maximum Gasteiger partial charge on any atom is 0.270 e. The van der Waals surface area contributed by atoms with E-state index in [1.807, 2.05) is 0 Å². The molecule has 22 heavy (non-hydrogen) atoms. The van der Waals surface area contributed by atoms with Crippen LogP contribution in [0, 0.1) is 0 Å². The van der Waals surface area contributed by atoms with E-state index in [-0.39, 0.29) is 16.6 Å². The number of ether oxygens (including phenoxy) is 1. The zero-order valence-corrected chi connectivity index (χ0v) is 13.4. The van der Waals surface area contributed by atoms with Gasteiger partial charge in [0.25, 0.3) is 5.56 Å². The van der Waals surface area contributed by atoms with Crippen LogP contribution in [0.15, 0.2) is 34.3 Å². The van der Waals surface area contributed by atoms with Crippen molar-refractivity contribution in [3.05, 3.63) is 39.8 Å². The zero-order chi connectivity index (χ0) is 16.1. The third kappa shape index (κ3) is 4.22. The van der Waals surface area contributed by atoms with Crippen LogP contribution >= 0.6 is 23.4 Å². The van der Waals surface area contributed by atoms with E-state index in [1.54, 1.807) is 25.1 Å². The number of amides is 1. The molecule has 0 saturated heterocycles. The molecule has 1 heterocycles. The fourth-order valence-electron chi connectivity index (χ4n) is 1.56. The first-order valence-electron chi connectivity index (χ1n) is 6.22. The van der Waals surface area contributed by atoms with Crippen molar-refractivity contribution in [2.45, 2.75) is 17.3 Å². The van der Waals surface area contributed by atoms with Crippen molar-refractivity contribution in [1.29, 1.82) is 0 Å². The van der Waals surface area contributed by atoms with Crippen molar-refractivity contribution in [2.75, 3.05) is 12.4 Å². The maximum atomic E-state index is 12.1. The van der Waals surface area contributed by atoms with Gasteiger partial charge >= 0.3 is 0 Å². The second-order valence-electron chi connectivity index (χ2n) is 4.24. The Labute approximate surface area is 135 Å². The Kier molecular flexibility index (Phi) is 5.40. The molecular weight excluding hydrogens is 328 g/mol. The van der Waals surface area contributed by atoms with E-state index < -0.39 is 5.25 Å². The molecule has 116 valence electrons. The molecule has 0 bridgehead atoms. The quantitative estimate of drug-likeness (QED) is 0.807. The van der Waals surface area contributed by atoms with Crippen LogP contribution in [0.1, 0.15) is 6.92 Å². The minimum Gasteiger partial charge on any atom is -0.495 e. The topological polar surface area (TPSA) is 97.0 Å². The number of carbonyl (C=O) groups is 1. The van der Waals surface area contributed by atoms with E-state index in [0.29, 0.717) is 16.5 Å². The molecule has 2 N–H and O–H groups in total. The number of thioether (sulfide) groups is 1. The van der Waals surface area contributed by atoms with Gasteiger partial charge in [0.2, 0.25) is 5.91 Å². The Balaban J connectivity index is 2.02. The number of hydrogen-bond acceptors (Lipinski definition) is 6. The lowest BCUT2D eigenvalue weighted by atomic mass is 10.3. The summed E-state index contributed by atoms with van der Waals surface area (Å²) < 4.78 is 5.04. The zero-order valence-electron chi connectivity index (χ0n) is 11.8. The highest BCUT2D eigenvalue weighted by atomic mass is 35.5. The van der Waals surface area contributed by atoms with Gasteiger partial charge in [-0.15, -0.1) is 5.10 Å². The molecule has 0 aliphatic carbocycles. The summed E-state index contributed by atoms with van der Waals surface area (Å²) in [5.74, 6) is 0.275. The summed E-state index contributed by atoms with van der Waals surface area (Å²) in [5, 5.41) is 10.2. The Bertz CT molecular complexity index is 737. The van der Waals surface area contributed by atoms with E-state index in [2.05, 4.69) is 20.5 Å². The number of aromatic nitrogens is 3. The first-order chi connectivity index (χ1) is 10.5. The summed E-state index contributed by atoms with van der Waals surface area (Å²) >= 11 is 7.10. The van der Waals surface area contributed by atoms with Crippen LogP contribution in [-0.2, 0) is 4.79 Å². The number of halogens is 1. The van der Waals surface area contributed by atoms with Gasteiger partial charge < -0.3 is 10.1 Å². The number of H-pyrrole nitrogens is 1. The molecule has 0 fully saturated rings. The van der Waals surface area contributed by atoms with Gasteiger partial charge in [-0.05, 0) is 25.1 Å². The number of rotatable bonds is 5. The number of hydrogen-bond donors (Lipinski definition) is 2. The first-order valence-corrected chi connectivity index (χ1v) is 7.48. The summed E-state index contributed by atoms with van der Waals surface area (Å²) in [6.45, 7) is 1.69. The fraction of sp³-hybridized carbons (Fsp3) is 0.231. The van der Waals surface area contributed by atoms with Crippen molar-refractivity contribution >= 4 is 35.0 Å². The second kappa shape index (κ2) is 7.28. The number of methoxy groups -OCH3 is 1. The summed E-state index contributed by atoms with van der Waals surface area (Å²) in [7, 11) is 1.51. The number of anilines is 1. The molecule has 2 rings (SSSR count). The molecule has 1 atom stereocenters. The standard InChI is InChI=1S/C13H13ClN4O3S/c1-7(22-13-17-11(19)6-15-18-13)12(20)16-8-3-4-10(21-2)9(14)5-8/h3-7H,1-2H3,(H,16,20)(H,17,18,19)/t7-/m0/s1. The molecule has 1 aromatic carbocycles. The van der Waals surface area contributed by atoms with Crippen molar-refractivity contribution in [1.82, 2.24) is 15.2 Å². The molecule has 0 unspecified atom stereocenters. The van der Waals surface area contributed by atoms with Crippen LogP contribution in [-0.4, -0.2) is 33.4 Å². The Morgan fingerprint density at radius 3 is 2.91 bits per heavy atom. The second-order valence-corrected chi connectivity index (χ2v) is 5.97. The molecule has 0 aliphatic heterocycles. The lowest BCUT2D eigenvalue weighted by Gasteiger charge is -2.12. The summed E-state index contributed by atoms with van der Waals surface area (Å²) in [6.07, 6.45) is 1.06. The van der Waals surface area contributed by atoms with Crippen molar-refractivity contribution in [3.8, 4) is 5.75 Å². The van der Waals surface area contributed by atoms with Crippen LogP contribution in [0.4, 0.5) is 5.69 Å². The number of carbonyl (C=O) groups excluding carboxylic acids is 1. The SMILES string of the molecule is COc1ccc(NC(=O)[C@H](C)Sc2nncc(=O)[nH]2)cc1Cl. The molecule has 0 aliphatic rings. The summed E-state index contributed by atoms with van der Waals surface area (Å²) in [5.41, 5.74) is 0.183. The largest absolute Gasteiger partial charge is 0.495 e. The third-order valence-electron chi connectivity index (χ3n) is 2.63. The van der Waals surface area contributed by atoms with Gasteiger partial charge in [0.15, 0.2) is 5.16 Å². The van der Waals surface area contributed by atoms with Crippen LogP contribution in [0.3, 0.4) is 0 Å². The highest BCUT2D eigenvalue weighted by Crippen LogP contribution is 2.27. The molecule has 9 heteroatoms. The normalized spacial score (nSPS) is 11.8. The van der Waals surface area contributed by atoms with Gasteiger partial charge in [0.1, 0.15) is 11.9 Å². The number of nitrogens with one attached hydrogen (secondary N) is 2. The number of nitrogens with zero attached hydrogens (tertiary/aromatic N) is 2. The third-order valence-corrected chi connectivity index (χ3v) is 3.90. The minimum atomic E-state index is -0.478. The average Bonchev–Trinajstić information content (AvgIpc) is 2.47. The molecule has 1 aromatic heterocycles. The monoisotopic (exact) mass is 340 g/mol. The van der Waals surface area contributed by atoms with E-state index in [1.165, 1.54) is 7.11 Å². The lowest BCUT2D eigenvalue weighted by molar-refractivity contribution is -0.115. The van der Waals surface area contributed by atoms with Gasteiger partial charge in [-0.1, -0.05) is 23.4 Å². The number of benzene rings is 1. The highest BCUT2D eigenvalue weighted by molar-refractivity contribution is 8.00. The summed E-state index contributed by atoms with van der Waals surface area (Å²) in [4.78, 5) is 25.8. The average molecular weight is 341 g/mol. The van der Waals surface area contributed by atoms with Crippen LogP contribution in [0.2, 0.25) is 5.02 Å². The van der Waals surface area contributed by atoms with Gasteiger partial charge in [-0.2, -0.15) is 5.10 Å². The van der Waals surface area contributed by atoms with Crippen molar-refractivity contribution in [2.24, 2.45) is 0 Å². The van der Waals surface area contributed by atoms with Crippen molar-refractivity contribution < 1.29 is 9.53 Å². The number of aromatic amines is 1. The molecule has 2 aromatic rings. The Hall–Kier alpha value is -2.06. The first kappa shape index (κ1) is 16.3. The van der Waals surface area contributed by atoms with Crippen LogP contribution < -0.4 is 15.6 Å². The molecular formula is C13H13ClN4O3S. The van der Waals surface area contributed by atoms with Crippen LogP contribution in [0.25, 0.3) is 0 Å². The molecule has 1 amide bonds. The van der Waals surface area contributed by atoms with Crippen molar-refractivity contribution in [3.63, 3.8) is 0 Å². The molecule has 7 nitrogen and oxygen atoms in total. The van der Waals surface area contributed by atoms with Gasteiger partial charge in [-0.25, -0.2) is 0 Å². The molecule has 0 saturated carbocycles. The fourth-order valence-corrected chi connectivity index (χ4v) is 2.57. The Morgan fingerprint density at radius 2 is 2.27 bits per heavy atom. The summed E-state index contributed by atoms with van der Waals surface area (Å²) in [6, 6.07) is 4.94. The maximum absolute atomic E-state index is 12.1. The van der Waals surface area contributed by atoms with Crippen LogP contribution in [0.5, 0.6) is 5.75 Å².